The van der Waals surface area contributed by atoms with Gasteiger partial charge in [-0.15, -0.1) is 0 Å². The molecule has 0 N–H and O–H groups in total. The zero-order valence-corrected chi connectivity index (χ0v) is 29.5. The lowest BCUT2D eigenvalue weighted by molar-refractivity contribution is 0.607. The Kier molecular flexibility index (Phi) is 5.58. The fourth-order valence-corrected chi connectivity index (χ4v) is 11.1. The number of hydrogen-bond acceptors (Lipinski definition) is 3. The van der Waals surface area contributed by atoms with E-state index in [2.05, 4.69) is 177 Å². The van der Waals surface area contributed by atoms with Crippen molar-refractivity contribution in [2.45, 2.75) is 48.3 Å². The third-order valence-electron chi connectivity index (χ3n) is 12.0. The first-order valence-electron chi connectivity index (χ1n) is 17.7. The van der Waals surface area contributed by atoms with Gasteiger partial charge in [-0.05, 0) is 92.0 Å². The van der Waals surface area contributed by atoms with Crippen LogP contribution in [0.5, 0.6) is 0 Å². The molecule has 2 nitrogen and oxygen atoms in total. The zero-order chi connectivity index (χ0) is 33.5. The Labute approximate surface area is 298 Å². The monoisotopic (exact) mass is 658 g/mol. The van der Waals surface area contributed by atoms with Crippen LogP contribution in [0.15, 0.2) is 149 Å². The van der Waals surface area contributed by atoms with Gasteiger partial charge in [0.2, 0.25) is 0 Å². The summed E-state index contributed by atoms with van der Waals surface area (Å²) >= 11 is 1.93. The SMILES string of the molecule is CC1(C)c2ccccc2Sc2cc3c(cc21)N(c1ccccc1)B1c2cccc4c2N(c2ccccc2C4(C)C)c2cc4ccccc4c-3c21. The van der Waals surface area contributed by atoms with Gasteiger partial charge in [-0.1, -0.05) is 137 Å². The van der Waals surface area contributed by atoms with Gasteiger partial charge in [0.15, 0.2) is 0 Å². The quantitative estimate of drug-likeness (QED) is 0.162. The maximum atomic E-state index is 2.66. The molecule has 4 heteroatoms. The second kappa shape index (κ2) is 9.74. The van der Waals surface area contributed by atoms with Gasteiger partial charge in [-0.3, -0.25) is 0 Å². The van der Waals surface area contributed by atoms with Gasteiger partial charge in [-0.2, -0.15) is 0 Å². The van der Waals surface area contributed by atoms with Gasteiger partial charge < -0.3 is 9.71 Å². The molecule has 4 aliphatic rings. The van der Waals surface area contributed by atoms with Crippen LogP contribution in [0, 0.1) is 0 Å². The molecular formula is C46H35BN2S. The lowest BCUT2D eigenvalue weighted by Gasteiger charge is -2.51. The van der Waals surface area contributed by atoms with E-state index in [1.54, 1.807) is 0 Å². The van der Waals surface area contributed by atoms with Crippen LogP contribution in [0.2, 0.25) is 0 Å². The van der Waals surface area contributed by atoms with E-state index >= 15 is 0 Å². The minimum Gasteiger partial charge on any atom is -0.376 e. The Morgan fingerprint density at radius 3 is 2.10 bits per heavy atom. The van der Waals surface area contributed by atoms with Crippen molar-refractivity contribution >= 4 is 68.7 Å². The van der Waals surface area contributed by atoms with Crippen molar-refractivity contribution in [3.05, 3.63) is 162 Å². The standard InChI is InChI=1S/C46H35BN2S/c1-45(2)32-19-10-12-23-37(32)48-39-25-28-15-8-9-18-30(28)42-31-26-41-35(46(3,4)33-20-11-13-24-40(33)50-41)27-38(31)49(29-16-6-5-7-17-29)47(43(39)42)36-22-14-21-34(45)44(36)48/h5-27H,1-4H3. The van der Waals surface area contributed by atoms with E-state index in [9.17, 15) is 0 Å². The molecule has 238 valence electrons. The van der Waals surface area contributed by atoms with Gasteiger partial charge in [0.25, 0.3) is 0 Å². The highest BCUT2D eigenvalue weighted by Gasteiger charge is 2.50. The molecule has 7 aromatic rings. The van der Waals surface area contributed by atoms with Crippen LogP contribution in [0.3, 0.4) is 0 Å². The van der Waals surface area contributed by atoms with Crippen molar-refractivity contribution in [2.24, 2.45) is 0 Å². The number of benzene rings is 7. The van der Waals surface area contributed by atoms with Crippen LogP contribution < -0.4 is 20.6 Å². The molecule has 0 unspecified atom stereocenters. The minimum atomic E-state index is -0.145. The van der Waals surface area contributed by atoms with Gasteiger partial charge in [0, 0.05) is 48.9 Å². The van der Waals surface area contributed by atoms with Crippen molar-refractivity contribution < 1.29 is 0 Å². The van der Waals surface area contributed by atoms with Gasteiger partial charge in [0.1, 0.15) is 0 Å². The summed E-state index contributed by atoms with van der Waals surface area (Å²) in [5, 5.41) is 2.59. The number of fused-ring (bicyclic) bond motifs is 10. The van der Waals surface area contributed by atoms with Crippen LogP contribution in [0.25, 0.3) is 21.9 Å². The maximum absolute atomic E-state index is 2.66. The molecule has 4 heterocycles. The van der Waals surface area contributed by atoms with Crippen LogP contribution in [-0.2, 0) is 10.8 Å². The number of hydrogen-bond donors (Lipinski definition) is 0. The third kappa shape index (κ3) is 3.52. The van der Waals surface area contributed by atoms with E-state index < -0.39 is 0 Å². The van der Waals surface area contributed by atoms with Gasteiger partial charge in [0.05, 0.1) is 5.69 Å². The zero-order valence-electron chi connectivity index (χ0n) is 28.7. The Bertz CT molecular complexity index is 2610. The first kappa shape index (κ1) is 28.6. The third-order valence-corrected chi connectivity index (χ3v) is 13.2. The molecule has 0 bridgehead atoms. The molecule has 0 saturated carbocycles. The second-order valence-electron chi connectivity index (χ2n) is 15.3. The Hall–Kier alpha value is -5.19. The molecule has 11 rings (SSSR count). The van der Waals surface area contributed by atoms with E-state index in [4.69, 9.17) is 0 Å². The summed E-state index contributed by atoms with van der Waals surface area (Å²) in [5.41, 5.74) is 17.1. The maximum Gasteiger partial charge on any atom is 0.333 e. The molecule has 7 aromatic carbocycles. The largest absolute Gasteiger partial charge is 0.376 e. The first-order chi connectivity index (χ1) is 24.3. The highest BCUT2D eigenvalue weighted by Crippen LogP contribution is 2.58. The summed E-state index contributed by atoms with van der Waals surface area (Å²) in [6.45, 7) is 9.60. The van der Waals surface area contributed by atoms with E-state index in [0.717, 1.165) is 0 Å². The van der Waals surface area contributed by atoms with E-state index in [1.165, 1.54) is 93.3 Å². The molecule has 0 spiro atoms. The smallest absolute Gasteiger partial charge is 0.333 e. The number of para-hydroxylation sites is 3. The normalized spacial score (nSPS) is 16.5. The summed E-state index contributed by atoms with van der Waals surface area (Å²) in [6, 6.07) is 52.8. The Morgan fingerprint density at radius 1 is 0.540 bits per heavy atom. The van der Waals surface area contributed by atoms with E-state index in [-0.39, 0.29) is 17.7 Å². The molecule has 0 aliphatic carbocycles. The summed E-state index contributed by atoms with van der Waals surface area (Å²) in [4.78, 5) is 7.97. The molecule has 0 amide bonds. The van der Waals surface area contributed by atoms with Crippen molar-refractivity contribution in [3.8, 4) is 11.1 Å². The minimum absolute atomic E-state index is 0.00328. The molecule has 0 saturated heterocycles. The van der Waals surface area contributed by atoms with E-state index in [1.807, 2.05) is 11.8 Å². The van der Waals surface area contributed by atoms with Crippen LogP contribution in [-0.4, -0.2) is 6.85 Å². The molecule has 0 radical (unpaired) electrons. The van der Waals surface area contributed by atoms with Crippen LogP contribution in [0.1, 0.15) is 49.9 Å². The summed E-state index contributed by atoms with van der Waals surface area (Å²) in [5.74, 6) is 0. The number of nitrogens with zero attached hydrogens (tertiary/aromatic N) is 2. The molecule has 0 atom stereocenters. The average molecular weight is 659 g/mol. The van der Waals surface area contributed by atoms with E-state index in [0.29, 0.717) is 0 Å². The fraction of sp³-hybridized carbons (Fsp3) is 0.130. The van der Waals surface area contributed by atoms with Gasteiger partial charge >= 0.3 is 6.85 Å². The summed E-state index contributed by atoms with van der Waals surface area (Å²) in [7, 11) is 0. The highest BCUT2D eigenvalue weighted by molar-refractivity contribution is 7.99. The topological polar surface area (TPSA) is 6.48 Å². The molecule has 50 heavy (non-hydrogen) atoms. The highest BCUT2D eigenvalue weighted by atomic mass is 32.2. The number of anilines is 5. The predicted octanol–water partition coefficient (Wildman–Crippen LogP) is 11.0. The first-order valence-corrected chi connectivity index (χ1v) is 18.5. The van der Waals surface area contributed by atoms with Crippen LogP contribution in [0.4, 0.5) is 28.4 Å². The Balaban J connectivity index is 1.31. The van der Waals surface area contributed by atoms with Crippen molar-refractivity contribution in [1.82, 2.24) is 0 Å². The second-order valence-corrected chi connectivity index (χ2v) is 16.4. The molecular weight excluding hydrogens is 623 g/mol. The van der Waals surface area contributed by atoms with Crippen molar-refractivity contribution in [1.29, 1.82) is 0 Å². The van der Waals surface area contributed by atoms with Crippen molar-refractivity contribution in [3.63, 3.8) is 0 Å². The molecule has 0 aromatic heterocycles. The van der Waals surface area contributed by atoms with Crippen molar-refractivity contribution in [2.75, 3.05) is 9.71 Å². The molecule has 4 aliphatic heterocycles. The lowest BCUT2D eigenvalue weighted by atomic mass is 9.42. The average Bonchev–Trinajstić information content (AvgIpc) is 3.14. The summed E-state index contributed by atoms with van der Waals surface area (Å²) < 4.78 is 0. The fourth-order valence-electron chi connectivity index (χ4n) is 9.67. The number of rotatable bonds is 1. The molecule has 0 fully saturated rings. The lowest BCUT2D eigenvalue weighted by Crippen LogP contribution is -2.62. The van der Waals surface area contributed by atoms with Crippen LogP contribution >= 0.6 is 11.8 Å². The summed E-state index contributed by atoms with van der Waals surface area (Å²) in [6.07, 6.45) is 0. The predicted molar refractivity (Wildman–Crippen MR) is 212 cm³/mol. The Morgan fingerprint density at radius 2 is 1.24 bits per heavy atom. The van der Waals surface area contributed by atoms with Gasteiger partial charge in [-0.25, -0.2) is 0 Å².